The first kappa shape index (κ1) is 11.6. The van der Waals surface area contributed by atoms with Gasteiger partial charge in [-0.3, -0.25) is 4.90 Å². The molecule has 0 atom stereocenters. The molecule has 1 aliphatic heterocycles. The van der Waals surface area contributed by atoms with E-state index in [9.17, 15) is 0 Å². The average Bonchev–Trinajstić information content (AvgIpc) is 2.67. The lowest BCUT2D eigenvalue weighted by molar-refractivity contribution is 0.225. The van der Waals surface area contributed by atoms with Crippen LogP contribution in [0.3, 0.4) is 0 Å². The summed E-state index contributed by atoms with van der Waals surface area (Å²) in [6.07, 6.45) is 1.79. The van der Waals surface area contributed by atoms with Crippen LogP contribution in [0.4, 0.5) is 0 Å². The Labute approximate surface area is 97.0 Å². The van der Waals surface area contributed by atoms with Crippen molar-refractivity contribution in [2.45, 2.75) is 32.7 Å². The molecule has 4 nitrogen and oxygen atoms in total. The Bertz CT molecular complexity index is 334. The Kier molecular flexibility index (Phi) is 3.30. The van der Waals surface area contributed by atoms with E-state index in [4.69, 9.17) is 4.52 Å². The van der Waals surface area contributed by atoms with E-state index in [2.05, 4.69) is 36.1 Å². The van der Waals surface area contributed by atoms with E-state index in [0.717, 1.165) is 38.4 Å². The van der Waals surface area contributed by atoms with Crippen LogP contribution in [-0.2, 0) is 12.0 Å². The van der Waals surface area contributed by atoms with Crippen molar-refractivity contribution < 1.29 is 4.52 Å². The number of hydrogen-bond donors (Lipinski definition) is 1. The van der Waals surface area contributed by atoms with Crippen LogP contribution in [-0.4, -0.2) is 36.2 Å². The lowest BCUT2D eigenvalue weighted by atomic mass is 9.87. The SMILES string of the molecule is CC(C)(C)c1conc1CN1CCNCC1. The smallest absolute Gasteiger partial charge is 0.127 e. The van der Waals surface area contributed by atoms with Crippen LogP contribution >= 0.6 is 0 Å². The van der Waals surface area contributed by atoms with E-state index in [-0.39, 0.29) is 5.41 Å². The summed E-state index contributed by atoms with van der Waals surface area (Å²) in [7, 11) is 0. The molecule has 1 saturated heterocycles. The molecular weight excluding hydrogens is 202 g/mol. The van der Waals surface area contributed by atoms with Crippen LogP contribution in [0, 0.1) is 0 Å². The molecule has 16 heavy (non-hydrogen) atoms. The van der Waals surface area contributed by atoms with Gasteiger partial charge in [-0.2, -0.15) is 0 Å². The van der Waals surface area contributed by atoms with E-state index in [1.807, 2.05) is 0 Å². The molecule has 4 heteroatoms. The maximum absolute atomic E-state index is 5.12. The first-order chi connectivity index (χ1) is 7.57. The molecule has 1 aliphatic rings. The second-order valence-corrected chi connectivity index (χ2v) is 5.45. The van der Waals surface area contributed by atoms with Crippen molar-refractivity contribution in [1.29, 1.82) is 0 Å². The van der Waals surface area contributed by atoms with Crippen LogP contribution in [0.5, 0.6) is 0 Å². The summed E-state index contributed by atoms with van der Waals surface area (Å²) >= 11 is 0. The lowest BCUT2D eigenvalue weighted by Crippen LogP contribution is -2.43. The third-order valence-corrected chi connectivity index (χ3v) is 3.04. The third kappa shape index (κ3) is 2.62. The second kappa shape index (κ2) is 4.55. The Morgan fingerprint density at radius 3 is 2.69 bits per heavy atom. The van der Waals surface area contributed by atoms with E-state index >= 15 is 0 Å². The Morgan fingerprint density at radius 2 is 2.06 bits per heavy atom. The number of nitrogens with zero attached hydrogens (tertiary/aromatic N) is 2. The van der Waals surface area contributed by atoms with Crippen molar-refractivity contribution in [3.05, 3.63) is 17.5 Å². The summed E-state index contributed by atoms with van der Waals surface area (Å²) in [5.41, 5.74) is 2.43. The Hall–Kier alpha value is -0.870. The third-order valence-electron chi connectivity index (χ3n) is 3.04. The average molecular weight is 223 g/mol. The summed E-state index contributed by atoms with van der Waals surface area (Å²) in [4.78, 5) is 2.42. The highest BCUT2D eigenvalue weighted by Crippen LogP contribution is 2.25. The van der Waals surface area contributed by atoms with Crippen LogP contribution in [0.2, 0.25) is 0 Å². The minimum absolute atomic E-state index is 0.114. The normalized spacial score (nSPS) is 18.9. The zero-order chi connectivity index (χ0) is 11.6. The first-order valence-corrected chi connectivity index (χ1v) is 5.94. The molecule has 2 heterocycles. The van der Waals surface area contributed by atoms with Crippen molar-refractivity contribution in [3.63, 3.8) is 0 Å². The second-order valence-electron chi connectivity index (χ2n) is 5.45. The standard InChI is InChI=1S/C12H21N3O/c1-12(2,3)10-9-16-14-11(10)8-15-6-4-13-5-7-15/h9,13H,4-8H2,1-3H3. The highest BCUT2D eigenvalue weighted by atomic mass is 16.5. The Balaban J connectivity index is 2.06. The van der Waals surface area contributed by atoms with Gasteiger partial charge in [0, 0.05) is 38.3 Å². The van der Waals surface area contributed by atoms with Gasteiger partial charge < -0.3 is 9.84 Å². The highest BCUT2D eigenvalue weighted by molar-refractivity contribution is 5.23. The molecule has 1 aromatic rings. The zero-order valence-electron chi connectivity index (χ0n) is 10.4. The number of nitrogens with one attached hydrogen (secondary N) is 1. The zero-order valence-corrected chi connectivity index (χ0v) is 10.4. The molecule has 1 fully saturated rings. The Morgan fingerprint density at radius 1 is 1.38 bits per heavy atom. The molecule has 0 aliphatic carbocycles. The maximum atomic E-state index is 5.12. The molecular formula is C12H21N3O. The predicted octanol–water partition coefficient (Wildman–Crippen LogP) is 1.38. The molecule has 0 unspecified atom stereocenters. The largest absolute Gasteiger partial charge is 0.364 e. The van der Waals surface area contributed by atoms with Crippen LogP contribution in [0.25, 0.3) is 0 Å². The molecule has 1 aromatic heterocycles. The van der Waals surface area contributed by atoms with Gasteiger partial charge in [0.25, 0.3) is 0 Å². The molecule has 0 aromatic carbocycles. The fraction of sp³-hybridized carbons (Fsp3) is 0.750. The van der Waals surface area contributed by atoms with Gasteiger partial charge in [-0.1, -0.05) is 25.9 Å². The fourth-order valence-electron chi connectivity index (χ4n) is 2.06. The van der Waals surface area contributed by atoms with Crippen LogP contribution < -0.4 is 5.32 Å². The fourth-order valence-corrected chi connectivity index (χ4v) is 2.06. The van der Waals surface area contributed by atoms with Gasteiger partial charge in [0.05, 0.1) is 0 Å². The summed E-state index contributed by atoms with van der Waals surface area (Å²) in [5.74, 6) is 0. The van der Waals surface area contributed by atoms with Gasteiger partial charge in [-0.05, 0) is 5.41 Å². The number of piperazine rings is 1. The monoisotopic (exact) mass is 223 g/mol. The van der Waals surface area contributed by atoms with Gasteiger partial charge in [0.15, 0.2) is 0 Å². The topological polar surface area (TPSA) is 41.3 Å². The van der Waals surface area contributed by atoms with Gasteiger partial charge in [-0.25, -0.2) is 0 Å². The van der Waals surface area contributed by atoms with Crippen molar-refractivity contribution in [2.24, 2.45) is 0 Å². The lowest BCUT2D eigenvalue weighted by Gasteiger charge is -2.27. The predicted molar refractivity (Wildman–Crippen MR) is 63.3 cm³/mol. The number of rotatable bonds is 2. The summed E-state index contributed by atoms with van der Waals surface area (Å²) in [5, 5.41) is 7.49. The minimum atomic E-state index is 0.114. The van der Waals surface area contributed by atoms with Crippen molar-refractivity contribution in [1.82, 2.24) is 15.4 Å². The summed E-state index contributed by atoms with van der Waals surface area (Å²) < 4.78 is 5.12. The van der Waals surface area contributed by atoms with Crippen molar-refractivity contribution in [2.75, 3.05) is 26.2 Å². The van der Waals surface area contributed by atoms with Crippen LogP contribution in [0.15, 0.2) is 10.8 Å². The van der Waals surface area contributed by atoms with E-state index in [1.165, 1.54) is 5.56 Å². The molecule has 0 spiro atoms. The van der Waals surface area contributed by atoms with Gasteiger partial charge in [0.2, 0.25) is 0 Å². The molecule has 0 amide bonds. The quantitative estimate of drug-likeness (QED) is 0.822. The maximum Gasteiger partial charge on any atom is 0.127 e. The van der Waals surface area contributed by atoms with Gasteiger partial charge >= 0.3 is 0 Å². The van der Waals surface area contributed by atoms with E-state index < -0.39 is 0 Å². The molecule has 90 valence electrons. The molecule has 1 N–H and O–H groups in total. The molecule has 0 saturated carbocycles. The molecule has 0 bridgehead atoms. The van der Waals surface area contributed by atoms with Gasteiger partial charge in [-0.15, -0.1) is 0 Å². The minimum Gasteiger partial charge on any atom is -0.364 e. The number of hydrogen-bond acceptors (Lipinski definition) is 4. The summed E-state index contributed by atoms with van der Waals surface area (Å²) in [6, 6.07) is 0. The van der Waals surface area contributed by atoms with Crippen LogP contribution in [0.1, 0.15) is 32.0 Å². The molecule has 2 rings (SSSR count). The van der Waals surface area contributed by atoms with E-state index in [1.54, 1.807) is 6.26 Å². The highest BCUT2D eigenvalue weighted by Gasteiger charge is 2.23. The van der Waals surface area contributed by atoms with Crippen molar-refractivity contribution in [3.8, 4) is 0 Å². The summed E-state index contributed by atoms with van der Waals surface area (Å²) in [6.45, 7) is 11.8. The number of aromatic nitrogens is 1. The first-order valence-electron chi connectivity index (χ1n) is 5.94. The van der Waals surface area contributed by atoms with Gasteiger partial charge in [0.1, 0.15) is 12.0 Å². The van der Waals surface area contributed by atoms with Crippen molar-refractivity contribution >= 4 is 0 Å². The molecule has 0 radical (unpaired) electrons. The van der Waals surface area contributed by atoms with E-state index in [0.29, 0.717) is 0 Å².